The lowest BCUT2D eigenvalue weighted by Gasteiger charge is -2.20. The van der Waals surface area contributed by atoms with E-state index >= 15 is 0 Å². The van der Waals surface area contributed by atoms with Gasteiger partial charge in [-0.3, -0.25) is 0 Å². The number of rotatable bonds is 1. The van der Waals surface area contributed by atoms with Crippen molar-refractivity contribution in [1.82, 2.24) is 10.5 Å². The summed E-state index contributed by atoms with van der Waals surface area (Å²) in [5.41, 5.74) is 1.05. The lowest BCUT2D eigenvalue weighted by molar-refractivity contribution is 0.364. The van der Waals surface area contributed by atoms with E-state index in [1.807, 2.05) is 6.07 Å². The normalized spacial score (nSPS) is 23.2. The monoisotopic (exact) mass is 188 g/mol. The second-order valence-electron chi connectivity index (χ2n) is 2.93. The Morgan fingerprint density at radius 2 is 2.42 bits per heavy atom. The van der Waals surface area contributed by atoms with E-state index in [4.69, 9.17) is 4.52 Å². The van der Waals surface area contributed by atoms with Crippen LogP contribution in [0, 0.1) is 0 Å². The minimum absolute atomic E-state index is 0. The molecule has 1 N–H and O–H groups in total. The third-order valence-electron chi connectivity index (χ3n) is 2.13. The summed E-state index contributed by atoms with van der Waals surface area (Å²) < 4.78 is 4.78. The molecule has 4 heteroatoms. The van der Waals surface area contributed by atoms with Crippen molar-refractivity contribution in [3.63, 3.8) is 0 Å². The Bertz CT molecular complexity index is 207. The molecular weight excluding hydrogens is 176 g/mol. The van der Waals surface area contributed by atoms with Gasteiger partial charge < -0.3 is 9.84 Å². The molecule has 1 unspecified atom stereocenters. The average molecular weight is 189 g/mol. The van der Waals surface area contributed by atoms with Gasteiger partial charge in [-0.25, -0.2) is 0 Å². The molecule has 0 aliphatic carbocycles. The maximum atomic E-state index is 4.78. The predicted octanol–water partition coefficient (Wildman–Crippen LogP) is 1.91. The minimum atomic E-state index is 0. The number of halogens is 1. The lowest BCUT2D eigenvalue weighted by atomic mass is 10.0. The number of hydrogen-bond acceptors (Lipinski definition) is 3. The van der Waals surface area contributed by atoms with Crippen molar-refractivity contribution in [2.75, 3.05) is 6.54 Å². The topological polar surface area (TPSA) is 38.1 Å². The molecule has 0 spiro atoms. The smallest absolute Gasteiger partial charge is 0.124 e. The lowest BCUT2D eigenvalue weighted by Crippen LogP contribution is -2.26. The number of aromatic nitrogens is 1. The first-order valence-electron chi connectivity index (χ1n) is 4.10. The highest BCUT2D eigenvalue weighted by atomic mass is 35.5. The highest BCUT2D eigenvalue weighted by Gasteiger charge is 2.16. The molecule has 0 aromatic carbocycles. The van der Waals surface area contributed by atoms with E-state index in [9.17, 15) is 0 Å². The van der Waals surface area contributed by atoms with Crippen molar-refractivity contribution in [3.05, 3.63) is 18.0 Å². The van der Waals surface area contributed by atoms with Crippen LogP contribution in [-0.2, 0) is 0 Å². The zero-order valence-electron chi connectivity index (χ0n) is 6.82. The maximum Gasteiger partial charge on any atom is 0.124 e. The highest BCUT2D eigenvalue weighted by molar-refractivity contribution is 5.85. The van der Waals surface area contributed by atoms with Crippen LogP contribution in [0.1, 0.15) is 31.0 Å². The van der Waals surface area contributed by atoms with Crippen LogP contribution in [0.4, 0.5) is 0 Å². The number of piperidine rings is 1. The molecule has 1 aromatic heterocycles. The minimum Gasteiger partial charge on any atom is -0.364 e. The van der Waals surface area contributed by atoms with Gasteiger partial charge in [0.1, 0.15) is 12.0 Å². The molecule has 1 aromatic rings. The summed E-state index contributed by atoms with van der Waals surface area (Å²) in [6.45, 7) is 1.11. The van der Waals surface area contributed by atoms with Gasteiger partial charge in [-0.2, -0.15) is 0 Å². The van der Waals surface area contributed by atoms with E-state index in [1.54, 1.807) is 6.26 Å². The van der Waals surface area contributed by atoms with Gasteiger partial charge in [0.15, 0.2) is 0 Å². The summed E-state index contributed by atoms with van der Waals surface area (Å²) in [5.74, 6) is 0. The fourth-order valence-electron chi connectivity index (χ4n) is 1.51. The molecule has 2 rings (SSSR count). The first kappa shape index (κ1) is 9.55. The number of nitrogens with one attached hydrogen (secondary N) is 1. The summed E-state index contributed by atoms with van der Waals surface area (Å²) in [4.78, 5) is 0. The summed E-state index contributed by atoms with van der Waals surface area (Å²) in [5, 5.41) is 7.30. The standard InChI is InChI=1S/C8H12N2O.ClH/c1-2-5-9-7(3-1)8-4-6-11-10-8;/h4,6-7,9H,1-3,5H2;1H. The predicted molar refractivity (Wildman–Crippen MR) is 48.3 cm³/mol. The van der Waals surface area contributed by atoms with E-state index < -0.39 is 0 Å². The summed E-state index contributed by atoms with van der Waals surface area (Å²) in [7, 11) is 0. The van der Waals surface area contributed by atoms with Crippen LogP contribution < -0.4 is 5.32 Å². The van der Waals surface area contributed by atoms with Gasteiger partial charge in [-0.15, -0.1) is 12.4 Å². The molecule has 2 heterocycles. The zero-order chi connectivity index (χ0) is 7.52. The Morgan fingerprint density at radius 1 is 1.50 bits per heavy atom. The van der Waals surface area contributed by atoms with Crippen molar-refractivity contribution in [2.24, 2.45) is 0 Å². The van der Waals surface area contributed by atoms with Crippen LogP contribution in [0.5, 0.6) is 0 Å². The molecule has 12 heavy (non-hydrogen) atoms. The van der Waals surface area contributed by atoms with Crippen LogP contribution in [0.3, 0.4) is 0 Å². The van der Waals surface area contributed by atoms with Crippen molar-refractivity contribution < 1.29 is 4.52 Å². The zero-order valence-corrected chi connectivity index (χ0v) is 7.64. The summed E-state index contributed by atoms with van der Waals surface area (Å²) >= 11 is 0. The number of nitrogens with zero attached hydrogens (tertiary/aromatic N) is 1. The van der Waals surface area contributed by atoms with Gasteiger partial charge in [-0.05, 0) is 19.4 Å². The second-order valence-corrected chi connectivity index (χ2v) is 2.93. The van der Waals surface area contributed by atoms with E-state index in [2.05, 4.69) is 10.5 Å². The van der Waals surface area contributed by atoms with Gasteiger partial charge in [0.2, 0.25) is 0 Å². The van der Waals surface area contributed by atoms with E-state index in [0.717, 1.165) is 12.2 Å². The van der Waals surface area contributed by atoms with Crippen LogP contribution >= 0.6 is 12.4 Å². The van der Waals surface area contributed by atoms with E-state index in [-0.39, 0.29) is 12.4 Å². The molecule has 0 bridgehead atoms. The van der Waals surface area contributed by atoms with Crippen LogP contribution in [0.25, 0.3) is 0 Å². The van der Waals surface area contributed by atoms with Crippen molar-refractivity contribution >= 4 is 12.4 Å². The van der Waals surface area contributed by atoms with Crippen LogP contribution in [-0.4, -0.2) is 11.7 Å². The molecule has 3 nitrogen and oxygen atoms in total. The molecule has 1 fully saturated rings. The first-order chi connectivity index (χ1) is 5.47. The molecule has 68 valence electrons. The van der Waals surface area contributed by atoms with Crippen LogP contribution in [0.2, 0.25) is 0 Å². The summed E-state index contributed by atoms with van der Waals surface area (Å²) in [6, 6.07) is 2.37. The molecular formula is C8H13ClN2O. The largest absolute Gasteiger partial charge is 0.364 e. The van der Waals surface area contributed by atoms with Crippen molar-refractivity contribution in [2.45, 2.75) is 25.3 Å². The molecule has 0 amide bonds. The maximum absolute atomic E-state index is 4.78. The van der Waals surface area contributed by atoms with Gasteiger partial charge in [0, 0.05) is 6.07 Å². The van der Waals surface area contributed by atoms with Crippen LogP contribution in [0.15, 0.2) is 16.9 Å². The Hall–Kier alpha value is -0.540. The number of hydrogen-bond donors (Lipinski definition) is 1. The Balaban J connectivity index is 0.000000720. The third kappa shape index (κ3) is 1.99. The van der Waals surface area contributed by atoms with Gasteiger partial charge in [0.05, 0.1) is 6.04 Å². The fourth-order valence-corrected chi connectivity index (χ4v) is 1.51. The Labute approximate surface area is 77.9 Å². The Kier molecular flexibility index (Phi) is 3.56. The van der Waals surface area contributed by atoms with Gasteiger partial charge >= 0.3 is 0 Å². The first-order valence-corrected chi connectivity index (χ1v) is 4.10. The second kappa shape index (κ2) is 4.48. The third-order valence-corrected chi connectivity index (χ3v) is 2.13. The van der Waals surface area contributed by atoms with Gasteiger partial charge in [-0.1, -0.05) is 11.6 Å². The molecule has 1 atom stereocenters. The fraction of sp³-hybridized carbons (Fsp3) is 0.625. The molecule has 1 saturated heterocycles. The Morgan fingerprint density at radius 3 is 3.00 bits per heavy atom. The molecule has 0 saturated carbocycles. The van der Waals surface area contributed by atoms with Crippen molar-refractivity contribution in [3.8, 4) is 0 Å². The summed E-state index contributed by atoms with van der Waals surface area (Å²) in [6.07, 6.45) is 5.40. The van der Waals surface area contributed by atoms with E-state index in [1.165, 1.54) is 19.3 Å². The van der Waals surface area contributed by atoms with Gasteiger partial charge in [0.25, 0.3) is 0 Å². The van der Waals surface area contributed by atoms with E-state index in [0.29, 0.717) is 6.04 Å². The molecule has 0 radical (unpaired) electrons. The van der Waals surface area contributed by atoms with Crippen molar-refractivity contribution in [1.29, 1.82) is 0 Å². The average Bonchev–Trinajstić information content (AvgIpc) is 2.58. The quantitative estimate of drug-likeness (QED) is 0.732. The molecule has 1 aliphatic rings. The molecule has 1 aliphatic heterocycles. The SMILES string of the molecule is Cl.c1cc(C2CCCCN2)no1. The highest BCUT2D eigenvalue weighted by Crippen LogP contribution is 2.20.